The molecule has 298 valence electrons. The molecule has 1 saturated heterocycles. The molecule has 1 aliphatic heterocycles. The first-order valence-electron chi connectivity index (χ1n) is 18.4. The maximum atomic E-state index is 14.0. The number of sulfonamides is 2. The van der Waals surface area contributed by atoms with Crippen molar-refractivity contribution < 1.29 is 43.9 Å². The van der Waals surface area contributed by atoms with Crippen LogP contribution >= 0.6 is 0 Å². The number of hydrogen-bond donors (Lipinski definition) is 3. The maximum Gasteiger partial charge on any atom is 0.229 e. The van der Waals surface area contributed by atoms with Gasteiger partial charge in [-0.25, -0.2) is 39.1 Å². The summed E-state index contributed by atoms with van der Waals surface area (Å²) in [6, 6.07) is 11.0. The van der Waals surface area contributed by atoms with Gasteiger partial charge in [0.05, 0.1) is 49.3 Å². The van der Waals surface area contributed by atoms with Crippen molar-refractivity contribution in [3.05, 3.63) is 94.8 Å². The summed E-state index contributed by atoms with van der Waals surface area (Å²) in [4.78, 5) is 4.18. The van der Waals surface area contributed by atoms with Gasteiger partial charge in [-0.05, 0) is 119 Å². The Balaban J connectivity index is 0.000000208. The minimum absolute atomic E-state index is 0.0405. The molecule has 3 aromatic rings. The average molecular weight is 799 g/mol. The van der Waals surface area contributed by atoms with E-state index in [1.54, 1.807) is 18.3 Å². The summed E-state index contributed by atoms with van der Waals surface area (Å²) in [5, 5.41) is 3.33. The Morgan fingerprint density at radius 2 is 1.22 bits per heavy atom. The van der Waals surface area contributed by atoms with Gasteiger partial charge in [0.1, 0.15) is 23.3 Å². The van der Waals surface area contributed by atoms with Crippen molar-refractivity contribution in [2.45, 2.75) is 107 Å². The molecule has 10 nitrogen and oxygen atoms in total. The van der Waals surface area contributed by atoms with Gasteiger partial charge in [-0.1, -0.05) is 12.1 Å². The number of rotatable bonds is 12. The molecular formula is C38H50F4N4O6S2. The molecule has 1 aromatic heterocycles. The van der Waals surface area contributed by atoms with Gasteiger partial charge in [0.2, 0.25) is 20.0 Å². The highest BCUT2D eigenvalue weighted by Gasteiger charge is 2.31. The third kappa shape index (κ3) is 12.4. The molecule has 2 heterocycles. The standard InChI is InChI=1S/C19H28F2N2O3S.C19H22F2N2O3S/c2*1-27(24,25)23-17-6-3-11-22-18(17)12-26-14-9-7-13(8-10-14)19-15(20)4-2-5-16(19)21/h2,4-5,13-14,17-18,22-23H,3,6-12H2,1H3;2-6,11,13-14,23H,7-10,12H2,1H3/t13?,14?,17-,18-;/m0./s1. The van der Waals surface area contributed by atoms with Gasteiger partial charge in [0, 0.05) is 29.4 Å². The van der Waals surface area contributed by atoms with Gasteiger partial charge in [-0.3, -0.25) is 9.71 Å². The van der Waals surface area contributed by atoms with Crippen molar-refractivity contribution in [2.75, 3.05) is 30.4 Å². The highest BCUT2D eigenvalue weighted by Crippen LogP contribution is 2.38. The Kier molecular flexibility index (Phi) is 14.9. The van der Waals surface area contributed by atoms with Crippen LogP contribution < -0.4 is 14.8 Å². The zero-order chi connectivity index (χ0) is 38.9. The molecule has 0 unspecified atom stereocenters. The Morgan fingerprint density at radius 1 is 0.704 bits per heavy atom. The zero-order valence-electron chi connectivity index (χ0n) is 30.6. The zero-order valence-corrected chi connectivity index (χ0v) is 32.2. The summed E-state index contributed by atoms with van der Waals surface area (Å²) in [6.07, 6.45) is 11.0. The Morgan fingerprint density at radius 3 is 1.72 bits per heavy atom. The number of aromatic nitrogens is 1. The Hall–Kier alpha value is -3.15. The van der Waals surface area contributed by atoms with Crippen LogP contribution in [0.15, 0.2) is 54.7 Å². The van der Waals surface area contributed by atoms with Crippen molar-refractivity contribution in [2.24, 2.45) is 0 Å². The number of benzene rings is 2. The van der Waals surface area contributed by atoms with Gasteiger partial charge in [0.25, 0.3) is 0 Å². The topological polar surface area (TPSA) is 136 Å². The smallest absolute Gasteiger partial charge is 0.229 e. The molecule has 6 rings (SSSR count). The fraction of sp³-hybridized carbons (Fsp3) is 0.553. The predicted octanol–water partition coefficient (Wildman–Crippen LogP) is 6.65. The lowest BCUT2D eigenvalue weighted by Gasteiger charge is -2.35. The summed E-state index contributed by atoms with van der Waals surface area (Å²) in [5.41, 5.74) is 1.26. The van der Waals surface area contributed by atoms with Crippen molar-refractivity contribution in [1.82, 2.24) is 15.0 Å². The van der Waals surface area contributed by atoms with Crippen LogP contribution in [0.25, 0.3) is 0 Å². The van der Waals surface area contributed by atoms with E-state index < -0.39 is 43.3 Å². The van der Waals surface area contributed by atoms with E-state index in [4.69, 9.17) is 9.47 Å². The molecule has 0 bridgehead atoms. The molecule has 16 heteroatoms. The first kappa shape index (κ1) is 42.0. The van der Waals surface area contributed by atoms with Gasteiger partial charge < -0.3 is 14.8 Å². The number of nitrogens with zero attached hydrogens (tertiary/aromatic N) is 1. The van der Waals surface area contributed by atoms with Gasteiger partial charge >= 0.3 is 0 Å². The van der Waals surface area contributed by atoms with Crippen molar-refractivity contribution >= 4 is 25.7 Å². The van der Waals surface area contributed by atoms with Crippen LogP contribution in [0.4, 0.5) is 23.2 Å². The van der Waals surface area contributed by atoms with Crippen LogP contribution in [-0.4, -0.2) is 71.8 Å². The molecule has 2 saturated carbocycles. The predicted molar refractivity (Wildman–Crippen MR) is 199 cm³/mol. The van der Waals surface area contributed by atoms with Crippen molar-refractivity contribution in [1.29, 1.82) is 0 Å². The summed E-state index contributed by atoms with van der Waals surface area (Å²) in [7, 11) is -6.67. The number of pyridine rings is 1. The van der Waals surface area contributed by atoms with Crippen molar-refractivity contribution in [3.63, 3.8) is 0 Å². The van der Waals surface area contributed by atoms with Crippen LogP contribution in [0.1, 0.15) is 92.9 Å². The largest absolute Gasteiger partial charge is 0.377 e. The first-order chi connectivity index (χ1) is 25.7. The van der Waals surface area contributed by atoms with Crippen LogP contribution in [0.5, 0.6) is 0 Å². The second-order valence-corrected chi connectivity index (χ2v) is 18.0. The number of hydrogen-bond acceptors (Lipinski definition) is 8. The minimum atomic E-state index is -3.41. The first-order valence-corrected chi connectivity index (χ1v) is 22.2. The Bertz CT molecular complexity index is 1870. The number of ether oxygens (including phenoxy) is 2. The van der Waals surface area contributed by atoms with E-state index >= 15 is 0 Å². The number of halogens is 4. The molecule has 3 N–H and O–H groups in total. The monoisotopic (exact) mass is 798 g/mol. The van der Waals surface area contributed by atoms with E-state index in [1.807, 2.05) is 0 Å². The quantitative estimate of drug-likeness (QED) is 0.174. The highest BCUT2D eigenvalue weighted by atomic mass is 32.2. The molecular weight excluding hydrogens is 749 g/mol. The molecule has 2 aliphatic carbocycles. The molecule has 3 aliphatic rings. The molecule has 2 atom stereocenters. The second-order valence-electron chi connectivity index (χ2n) is 14.4. The summed E-state index contributed by atoms with van der Waals surface area (Å²) < 4.78 is 119. The van der Waals surface area contributed by atoms with E-state index in [2.05, 4.69) is 19.7 Å². The molecule has 0 amide bonds. The SMILES string of the molecule is CS(=O)(=O)N[C@H]1CCCN[C@H]1COC1CCC(c2c(F)cccc2F)CC1.CS(=O)(=O)Nc1cccnc1COC1CCC(c2c(F)cccc2F)CC1. The lowest BCUT2D eigenvalue weighted by molar-refractivity contribution is 0.00488. The highest BCUT2D eigenvalue weighted by molar-refractivity contribution is 7.92. The normalized spacial score (nSPS) is 25.0. The molecule has 0 spiro atoms. The van der Waals surface area contributed by atoms with E-state index in [-0.39, 0.29) is 53.9 Å². The summed E-state index contributed by atoms with van der Waals surface area (Å²) in [6.45, 7) is 1.44. The van der Waals surface area contributed by atoms with Gasteiger partial charge in [0.15, 0.2) is 0 Å². The molecule has 3 fully saturated rings. The van der Waals surface area contributed by atoms with Crippen LogP contribution in [0, 0.1) is 23.3 Å². The number of anilines is 1. The van der Waals surface area contributed by atoms with Gasteiger partial charge in [-0.15, -0.1) is 0 Å². The fourth-order valence-corrected chi connectivity index (χ4v) is 9.08. The van der Waals surface area contributed by atoms with Crippen LogP contribution in [0.2, 0.25) is 0 Å². The summed E-state index contributed by atoms with van der Waals surface area (Å²) >= 11 is 0. The number of piperidine rings is 1. The third-order valence-electron chi connectivity index (χ3n) is 10.3. The fourth-order valence-electron chi connectivity index (χ4n) is 7.66. The van der Waals surface area contributed by atoms with Crippen LogP contribution in [0.3, 0.4) is 0 Å². The third-order valence-corrected chi connectivity index (χ3v) is 11.6. The molecule has 2 aromatic carbocycles. The maximum absolute atomic E-state index is 14.0. The lowest BCUT2D eigenvalue weighted by Crippen LogP contribution is -2.55. The van der Waals surface area contributed by atoms with E-state index in [0.29, 0.717) is 56.5 Å². The molecule has 0 radical (unpaired) electrons. The van der Waals surface area contributed by atoms with Gasteiger partial charge in [-0.2, -0.15) is 0 Å². The van der Waals surface area contributed by atoms with Crippen LogP contribution in [-0.2, 0) is 36.1 Å². The number of nitrogens with one attached hydrogen (secondary N) is 3. The minimum Gasteiger partial charge on any atom is -0.377 e. The van der Waals surface area contributed by atoms with E-state index in [0.717, 1.165) is 38.5 Å². The Labute approximate surface area is 315 Å². The molecule has 54 heavy (non-hydrogen) atoms. The van der Waals surface area contributed by atoms with E-state index in [1.165, 1.54) is 42.7 Å². The summed E-state index contributed by atoms with van der Waals surface area (Å²) in [5.74, 6) is -2.20. The lowest BCUT2D eigenvalue weighted by atomic mass is 9.82. The average Bonchev–Trinajstić information content (AvgIpc) is 3.11. The van der Waals surface area contributed by atoms with Crippen molar-refractivity contribution in [3.8, 4) is 0 Å². The second kappa shape index (κ2) is 19.1. The van der Waals surface area contributed by atoms with E-state index in [9.17, 15) is 34.4 Å².